The van der Waals surface area contributed by atoms with Gasteiger partial charge in [0.1, 0.15) is 11.9 Å². The largest absolute Gasteiger partial charge is 0.368 e. The molecule has 0 spiro atoms. The van der Waals surface area contributed by atoms with Gasteiger partial charge in [0.2, 0.25) is 0 Å². The Balaban J connectivity index is 1.68. The normalized spacial score (nSPS) is 26.2. The molecule has 0 aromatic heterocycles. The van der Waals surface area contributed by atoms with Crippen LogP contribution < -0.4 is 0 Å². The average Bonchev–Trinajstić information content (AvgIpc) is 3.44. The van der Waals surface area contributed by atoms with Crippen LogP contribution >= 0.6 is 0 Å². The molecule has 1 nitrogen and oxygen atoms in total. The van der Waals surface area contributed by atoms with Crippen LogP contribution in [0.25, 0.3) is 10.8 Å². The number of rotatable bonds is 4. The molecular weight excluding hydrogens is 325 g/mol. The third-order valence-electron chi connectivity index (χ3n) is 5.84. The fourth-order valence-electron chi connectivity index (χ4n) is 4.37. The summed E-state index contributed by atoms with van der Waals surface area (Å²) in [6.07, 6.45) is 6.03. The van der Waals surface area contributed by atoms with Crippen molar-refractivity contribution in [1.29, 1.82) is 0 Å². The number of benzene rings is 2. The van der Waals surface area contributed by atoms with E-state index in [0.717, 1.165) is 31.6 Å². The number of ether oxygens (including phenoxy) is 1. The van der Waals surface area contributed by atoms with E-state index < -0.39 is 23.6 Å². The van der Waals surface area contributed by atoms with Crippen molar-refractivity contribution in [2.24, 2.45) is 5.92 Å². The van der Waals surface area contributed by atoms with Crippen molar-refractivity contribution in [2.75, 3.05) is 6.61 Å². The first-order valence-corrected chi connectivity index (χ1v) is 9.31. The van der Waals surface area contributed by atoms with Crippen LogP contribution in [0.4, 0.5) is 13.2 Å². The molecule has 0 amide bonds. The second-order valence-corrected chi connectivity index (χ2v) is 7.49. The average molecular weight is 348 g/mol. The van der Waals surface area contributed by atoms with E-state index in [0.29, 0.717) is 17.6 Å². The zero-order valence-corrected chi connectivity index (χ0v) is 14.5. The molecule has 1 atom stereocenters. The molecule has 2 aromatic rings. The monoisotopic (exact) mass is 348 g/mol. The third-order valence-corrected chi connectivity index (χ3v) is 5.84. The summed E-state index contributed by atoms with van der Waals surface area (Å²) in [7, 11) is 0. The van der Waals surface area contributed by atoms with Gasteiger partial charge in [0.15, 0.2) is 11.6 Å². The predicted octanol–water partition coefficient (Wildman–Crippen LogP) is 6.40. The standard InChI is InChI=1S/C21H23F3O/c1-2-3-12-4-6-13(7-5-12)15-9-8-14-10-16(17-11-25-17)20(23)21(24)18(14)19(15)22/h8-10,12-13,17H,2-7,11H2,1H3. The van der Waals surface area contributed by atoms with Gasteiger partial charge in [-0.3, -0.25) is 0 Å². The van der Waals surface area contributed by atoms with Gasteiger partial charge < -0.3 is 4.74 Å². The molecular formula is C21H23F3O. The Bertz CT molecular complexity index is 790. The van der Waals surface area contributed by atoms with Gasteiger partial charge in [-0.2, -0.15) is 0 Å². The van der Waals surface area contributed by atoms with Gasteiger partial charge in [-0.25, -0.2) is 13.2 Å². The Morgan fingerprint density at radius 1 is 0.960 bits per heavy atom. The van der Waals surface area contributed by atoms with Crippen LogP contribution in [0.1, 0.15) is 68.6 Å². The topological polar surface area (TPSA) is 12.5 Å². The van der Waals surface area contributed by atoms with Crippen LogP contribution in [0.2, 0.25) is 0 Å². The van der Waals surface area contributed by atoms with Crippen LogP contribution in [-0.2, 0) is 4.74 Å². The molecule has 1 saturated carbocycles. The van der Waals surface area contributed by atoms with Gasteiger partial charge in [-0.1, -0.05) is 31.9 Å². The molecule has 0 bridgehead atoms. The summed E-state index contributed by atoms with van der Waals surface area (Å²) in [6, 6.07) is 5.01. The lowest BCUT2D eigenvalue weighted by molar-refractivity contribution is 0.305. The molecule has 0 N–H and O–H groups in total. The van der Waals surface area contributed by atoms with E-state index in [2.05, 4.69) is 6.92 Å². The van der Waals surface area contributed by atoms with E-state index in [-0.39, 0.29) is 16.9 Å². The van der Waals surface area contributed by atoms with Crippen molar-refractivity contribution < 1.29 is 17.9 Å². The van der Waals surface area contributed by atoms with E-state index in [1.54, 1.807) is 12.1 Å². The summed E-state index contributed by atoms with van der Waals surface area (Å²) in [5.41, 5.74) is 0.730. The lowest BCUT2D eigenvalue weighted by Gasteiger charge is -2.29. The number of halogens is 3. The van der Waals surface area contributed by atoms with E-state index >= 15 is 4.39 Å². The summed E-state index contributed by atoms with van der Waals surface area (Å²) < 4.78 is 48.9. The van der Waals surface area contributed by atoms with Crippen molar-refractivity contribution in [1.82, 2.24) is 0 Å². The summed E-state index contributed by atoms with van der Waals surface area (Å²) in [5.74, 6) is -1.82. The molecule has 1 aliphatic carbocycles. The van der Waals surface area contributed by atoms with Crippen LogP contribution in [0.15, 0.2) is 18.2 Å². The van der Waals surface area contributed by atoms with Crippen molar-refractivity contribution in [3.05, 3.63) is 46.8 Å². The minimum absolute atomic E-state index is 0.103. The molecule has 1 heterocycles. The molecule has 134 valence electrons. The summed E-state index contributed by atoms with van der Waals surface area (Å²) in [6.45, 7) is 2.58. The van der Waals surface area contributed by atoms with E-state index in [4.69, 9.17) is 4.74 Å². The lowest BCUT2D eigenvalue weighted by Crippen LogP contribution is -2.14. The van der Waals surface area contributed by atoms with Gasteiger partial charge in [0, 0.05) is 5.56 Å². The van der Waals surface area contributed by atoms with Crippen molar-refractivity contribution >= 4 is 10.8 Å². The van der Waals surface area contributed by atoms with Gasteiger partial charge >= 0.3 is 0 Å². The second-order valence-electron chi connectivity index (χ2n) is 7.49. The summed E-state index contributed by atoms with van der Waals surface area (Å²) >= 11 is 0. The summed E-state index contributed by atoms with van der Waals surface area (Å²) in [4.78, 5) is 0. The number of hydrogen-bond donors (Lipinski definition) is 0. The minimum atomic E-state index is -1.08. The highest BCUT2D eigenvalue weighted by atomic mass is 19.2. The molecule has 1 aliphatic heterocycles. The highest BCUT2D eigenvalue weighted by Gasteiger charge is 2.32. The Morgan fingerprint density at radius 2 is 1.68 bits per heavy atom. The highest BCUT2D eigenvalue weighted by molar-refractivity contribution is 5.85. The van der Waals surface area contributed by atoms with Crippen molar-refractivity contribution in [3.8, 4) is 0 Å². The van der Waals surface area contributed by atoms with E-state index in [1.807, 2.05) is 0 Å². The van der Waals surface area contributed by atoms with Crippen LogP contribution in [0.3, 0.4) is 0 Å². The maximum atomic E-state index is 15.1. The highest BCUT2D eigenvalue weighted by Crippen LogP contribution is 2.41. The molecule has 2 fully saturated rings. The Hall–Kier alpha value is -1.55. The summed E-state index contributed by atoms with van der Waals surface area (Å²) in [5, 5.41) is 0.195. The van der Waals surface area contributed by atoms with Crippen LogP contribution in [0.5, 0.6) is 0 Å². The Labute approximate surface area is 146 Å². The maximum absolute atomic E-state index is 15.1. The first-order valence-electron chi connectivity index (χ1n) is 9.31. The van der Waals surface area contributed by atoms with Gasteiger partial charge in [0.05, 0.1) is 12.0 Å². The predicted molar refractivity (Wildman–Crippen MR) is 92.1 cm³/mol. The maximum Gasteiger partial charge on any atom is 0.169 e. The fourth-order valence-corrected chi connectivity index (χ4v) is 4.37. The molecule has 1 unspecified atom stereocenters. The minimum Gasteiger partial charge on any atom is -0.368 e. The number of fused-ring (bicyclic) bond motifs is 1. The van der Waals surface area contributed by atoms with E-state index in [1.165, 1.54) is 18.9 Å². The smallest absolute Gasteiger partial charge is 0.169 e. The van der Waals surface area contributed by atoms with Crippen molar-refractivity contribution in [2.45, 2.75) is 57.5 Å². The van der Waals surface area contributed by atoms with Gasteiger partial charge in [-0.05, 0) is 54.5 Å². The number of epoxide rings is 1. The zero-order valence-electron chi connectivity index (χ0n) is 14.5. The molecule has 1 saturated heterocycles. The Kier molecular flexibility index (Phi) is 4.48. The SMILES string of the molecule is CCCC1CCC(c2ccc3cc(C4CO4)c(F)c(F)c3c2F)CC1. The van der Waals surface area contributed by atoms with Crippen LogP contribution in [0, 0.1) is 23.4 Å². The van der Waals surface area contributed by atoms with Crippen LogP contribution in [-0.4, -0.2) is 6.61 Å². The zero-order chi connectivity index (χ0) is 17.6. The first-order chi connectivity index (χ1) is 12.1. The van der Waals surface area contributed by atoms with Gasteiger partial charge in [0.25, 0.3) is 0 Å². The molecule has 4 heteroatoms. The fraction of sp³-hybridized carbons (Fsp3) is 0.524. The van der Waals surface area contributed by atoms with Crippen molar-refractivity contribution in [3.63, 3.8) is 0 Å². The number of hydrogen-bond acceptors (Lipinski definition) is 1. The molecule has 2 aliphatic rings. The molecule has 4 rings (SSSR count). The molecule has 25 heavy (non-hydrogen) atoms. The van der Waals surface area contributed by atoms with Gasteiger partial charge in [-0.15, -0.1) is 0 Å². The quantitative estimate of drug-likeness (QED) is 0.582. The lowest BCUT2D eigenvalue weighted by atomic mass is 9.77. The first kappa shape index (κ1) is 16.9. The molecule has 2 aromatic carbocycles. The van der Waals surface area contributed by atoms with E-state index in [9.17, 15) is 8.78 Å². The second kappa shape index (κ2) is 6.64. The third kappa shape index (κ3) is 3.05. The Morgan fingerprint density at radius 3 is 2.32 bits per heavy atom. The molecule has 0 radical (unpaired) electrons.